The fourth-order valence-electron chi connectivity index (χ4n) is 3.96. The lowest BCUT2D eigenvalue weighted by Gasteiger charge is -2.37. The van der Waals surface area contributed by atoms with Crippen LogP contribution in [0.5, 0.6) is 0 Å². The molecule has 6 atom stereocenters. The molecule has 2 aliphatic heterocycles. The molecule has 170 valence electrons. The van der Waals surface area contributed by atoms with Crippen LogP contribution in [0.2, 0.25) is 10.0 Å². The molecule has 2 saturated heterocycles. The van der Waals surface area contributed by atoms with Crippen LogP contribution in [0.15, 0.2) is 18.2 Å². The second-order valence-corrected chi connectivity index (χ2v) is 8.06. The maximum Gasteiger partial charge on any atom is 0.335 e. The van der Waals surface area contributed by atoms with Crippen LogP contribution in [-0.2, 0) is 14.3 Å². The minimum Gasteiger partial charge on any atom is -0.479 e. The van der Waals surface area contributed by atoms with Crippen LogP contribution in [0.3, 0.4) is 0 Å². The van der Waals surface area contributed by atoms with E-state index in [4.69, 9.17) is 48.4 Å². The summed E-state index contributed by atoms with van der Waals surface area (Å²) >= 11 is 12.2. The number of methoxy groups -OCH3 is 1. The van der Waals surface area contributed by atoms with Crippen molar-refractivity contribution in [1.29, 1.82) is 0 Å². The predicted octanol–water partition coefficient (Wildman–Crippen LogP) is 0.917. The van der Waals surface area contributed by atoms with Gasteiger partial charge >= 0.3 is 11.9 Å². The molecule has 2 unspecified atom stereocenters. The van der Waals surface area contributed by atoms with E-state index >= 15 is 0 Å². The van der Waals surface area contributed by atoms with Crippen molar-refractivity contribution in [2.45, 2.75) is 49.5 Å². The lowest BCUT2D eigenvalue weighted by Crippen LogP contribution is -2.46. The van der Waals surface area contributed by atoms with Gasteiger partial charge in [0.1, 0.15) is 0 Å². The molecule has 30 heavy (non-hydrogen) atoms. The molecule has 1 aromatic rings. The lowest BCUT2D eigenvalue weighted by molar-refractivity contribution is -0.165. The van der Waals surface area contributed by atoms with E-state index in [1.807, 2.05) is 12.1 Å². The van der Waals surface area contributed by atoms with Crippen molar-refractivity contribution in [3.05, 3.63) is 33.8 Å². The molecule has 7 N–H and O–H groups in total. The highest BCUT2D eigenvalue weighted by Crippen LogP contribution is 2.42. The number of carbonyl (C=O) groups is 2. The molecule has 2 bridgehead atoms. The number of aliphatic hydroxyl groups is 2. The predicted molar refractivity (Wildman–Crippen MR) is 110 cm³/mol. The standard InChI is InChI=1S/C15H19Cl2NO.C4H6O6.H2O/c1-19-8-12-11(7-10-3-5-15(12)18-10)9-2-4-13(16)14(17)6-9;5-1(3(7)8)2(6)4(9)10;/h2,4,6,10-12,15,18H,3,5,7-8H2,1H3;1-2,5-6H,(H,7,8)(H,9,10);1H2/t10-,11+,12+,15+;;/m0../s1. The molecule has 11 heteroatoms. The molecule has 9 nitrogen and oxygen atoms in total. The molecule has 2 heterocycles. The number of aliphatic hydroxyl groups excluding tert-OH is 2. The summed E-state index contributed by atoms with van der Waals surface area (Å²) in [7, 11) is 1.78. The van der Waals surface area contributed by atoms with Crippen molar-refractivity contribution in [3.63, 3.8) is 0 Å². The lowest BCUT2D eigenvalue weighted by atomic mass is 9.77. The van der Waals surface area contributed by atoms with E-state index < -0.39 is 24.1 Å². The number of carboxylic acid groups (broad SMARTS) is 2. The molecule has 0 radical (unpaired) electrons. The fourth-order valence-corrected chi connectivity index (χ4v) is 4.26. The highest BCUT2D eigenvalue weighted by molar-refractivity contribution is 6.42. The fraction of sp³-hybridized carbons (Fsp3) is 0.579. The van der Waals surface area contributed by atoms with Crippen LogP contribution in [0.1, 0.15) is 30.7 Å². The average Bonchev–Trinajstić information content (AvgIpc) is 3.07. The maximum atomic E-state index is 9.77. The Kier molecular flexibility index (Phi) is 10.5. The second kappa shape index (κ2) is 11.8. The van der Waals surface area contributed by atoms with Crippen LogP contribution in [-0.4, -0.2) is 75.8 Å². The molecule has 0 saturated carbocycles. The number of halogens is 2. The monoisotopic (exact) mass is 467 g/mol. The second-order valence-electron chi connectivity index (χ2n) is 7.25. The Hall–Kier alpha value is -1.46. The number of nitrogens with one attached hydrogen (secondary N) is 1. The van der Waals surface area contributed by atoms with Crippen LogP contribution in [0.4, 0.5) is 0 Å². The van der Waals surface area contributed by atoms with Gasteiger partial charge < -0.3 is 36.0 Å². The first-order valence-corrected chi connectivity index (χ1v) is 9.93. The van der Waals surface area contributed by atoms with Gasteiger partial charge in [-0.15, -0.1) is 0 Å². The number of hydrogen-bond acceptors (Lipinski definition) is 6. The van der Waals surface area contributed by atoms with Gasteiger partial charge in [-0.1, -0.05) is 29.3 Å². The van der Waals surface area contributed by atoms with Crippen molar-refractivity contribution < 1.29 is 40.2 Å². The summed E-state index contributed by atoms with van der Waals surface area (Å²) in [4.78, 5) is 19.5. The van der Waals surface area contributed by atoms with E-state index in [0.29, 0.717) is 34.0 Å². The molecule has 2 aliphatic rings. The molecule has 3 rings (SSSR count). The molecular formula is C19H27Cl2NO8. The van der Waals surface area contributed by atoms with Gasteiger partial charge in [0, 0.05) is 25.1 Å². The van der Waals surface area contributed by atoms with E-state index in [1.54, 1.807) is 7.11 Å². The van der Waals surface area contributed by atoms with Crippen molar-refractivity contribution in [2.24, 2.45) is 5.92 Å². The number of ether oxygens (including phenoxy) is 1. The van der Waals surface area contributed by atoms with Crippen molar-refractivity contribution in [1.82, 2.24) is 5.32 Å². The van der Waals surface area contributed by atoms with Gasteiger partial charge in [-0.2, -0.15) is 0 Å². The average molecular weight is 468 g/mol. The number of rotatable bonds is 6. The Bertz CT molecular complexity index is 716. The zero-order valence-electron chi connectivity index (χ0n) is 16.3. The van der Waals surface area contributed by atoms with Gasteiger partial charge in [-0.05, 0) is 42.9 Å². The Morgan fingerprint density at radius 3 is 2.23 bits per heavy atom. The minimum absolute atomic E-state index is 0. The van der Waals surface area contributed by atoms with E-state index in [-0.39, 0.29) is 5.48 Å². The van der Waals surface area contributed by atoms with Crippen molar-refractivity contribution in [3.8, 4) is 0 Å². The molecule has 2 fully saturated rings. The van der Waals surface area contributed by atoms with Gasteiger partial charge in [-0.3, -0.25) is 0 Å². The number of benzene rings is 1. The highest BCUT2D eigenvalue weighted by Gasteiger charge is 2.42. The summed E-state index contributed by atoms with van der Waals surface area (Å²) < 4.78 is 5.44. The van der Waals surface area contributed by atoms with Crippen LogP contribution < -0.4 is 5.32 Å². The molecule has 0 spiro atoms. The van der Waals surface area contributed by atoms with E-state index in [2.05, 4.69) is 11.4 Å². The zero-order valence-corrected chi connectivity index (χ0v) is 17.8. The maximum absolute atomic E-state index is 9.77. The third-order valence-electron chi connectivity index (χ3n) is 5.38. The Morgan fingerprint density at radius 2 is 1.73 bits per heavy atom. The summed E-state index contributed by atoms with van der Waals surface area (Å²) in [6.07, 6.45) is -0.822. The number of piperidine rings is 1. The van der Waals surface area contributed by atoms with Crippen molar-refractivity contribution >= 4 is 35.1 Å². The summed E-state index contributed by atoms with van der Waals surface area (Å²) in [5.74, 6) is -2.49. The number of carboxylic acids is 2. The van der Waals surface area contributed by atoms with Gasteiger partial charge in [0.25, 0.3) is 0 Å². The van der Waals surface area contributed by atoms with Crippen LogP contribution in [0.25, 0.3) is 0 Å². The quantitative estimate of drug-likeness (QED) is 0.411. The molecule has 0 amide bonds. The summed E-state index contributed by atoms with van der Waals surface area (Å²) in [5, 5.41) is 37.5. The first-order valence-electron chi connectivity index (χ1n) is 9.17. The largest absolute Gasteiger partial charge is 0.479 e. The summed E-state index contributed by atoms with van der Waals surface area (Å²) in [5.41, 5.74) is 1.30. The molecular weight excluding hydrogens is 441 g/mol. The van der Waals surface area contributed by atoms with Crippen LogP contribution in [0, 0.1) is 5.92 Å². The molecule has 0 aliphatic carbocycles. The van der Waals surface area contributed by atoms with E-state index in [1.165, 1.54) is 24.8 Å². The zero-order chi connectivity index (χ0) is 21.7. The minimum atomic E-state index is -2.27. The Morgan fingerprint density at radius 1 is 1.13 bits per heavy atom. The smallest absolute Gasteiger partial charge is 0.335 e. The Labute approximate surface area is 183 Å². The summed E-state index contributed by atoms with van der Waals surface area (Å²) in [6.45, 7) is 0.801. The molecule has 0 aromatic heterocycles. The number of hydrogen-bond donors (Lipinski definition) is 5. The van der Waals surface area contributed by atoms with Gasteiger partial charge in [0.2, 0.25) is 0 Å². The third kappa shape index (κ3) is 6.52. The number of fused-ring (bicyclic) bond motifs is 2. The third-order valence-corrected chi connectivity index (χ3v) is 6.12. The Balaban J connectivity index is 0.000000354. The first kappa shape index (κ1) is 26.6. The number of aliphatic carboxylic acids is 2. The topological polar surface area (TPSA) is 168 Å². The van der Waals surface area contributed by atoms with Gasteiger partial charge in [0.15, 0.2) is 12.2 Å². The van der Waals surface area contributed by atoms with E-state index in [9.17, 15) is 9.59 Å². The SMILES string of the molecule is COC[C@@H]1[C@@H](c2ccc(Cl)c(Cl)c2)C[C@@H]2CC[C@H]1N2.O.O=C(O)C(O)C(O)C(=O)O. The van der Waals surface area contributed by atoms with Gasteiger partial charge in [0.05, 0.1) is 16.7 Å². The molecule has 1 aromatic carbocycles. The van der Waals surface area contributed by atoms with Crippen LogP contribution >= 0.6 is 23.2 Å². The van der Waals surface area contributed by atoms with Crippen molar-refractivity contribution in [2.75, 3.05) is 13.7 Å². The highest BCUT2D eigenvalue weighted by atomic mass is 35.5. The van der Waals surface area contributed by atoms with Gasteiger partial charge in [-0.25, -0.2) is 9.59 Å². The normalized spacial score (nSPS) is 26.6. The summed E-state index contributed by atoms with van der Waals surface area (Å²) in [6, 6.07) is 7.29. The first-order chi connectivity index (χ1) is 13.6. The van der Waals surface area contributed by atoms with E-state index in [0.717, 1.165) is 6.61 Å².